The number of ketones is 1. The summed E-state index contributed by atoms with van der Waals surface area (Å²) in [5.41, 5.74) is 0.641. The fourth-order valence-corrected chi connectivity index (χ4v) is 3.52. The summed E-state index contributed by atoms with van der Waals surface area (Å²) in [4.78, 5) is 17.3. The van der Waals surface area contributed by atoms with Gasteiger partial charge in [0.2, 0.25) is 0 Å². The Bertz CT molecular complexity index is 635. The van der Waals surface area contributed by atoms with E-state index in [1.54, 1.807) is 12.3 Å². The number of nitrogens with one attached hydrogen (secondary N) is 1. The molecule has 0 amide bonds. The Morgan fingerprint density at radius 3 is 2.75 bits per heavy atom. The smallest absolute Gasteiger partial charge is 0.191 e. The van der Waals surface area contributed by atoms with E-state index in [1.807, 2.05) is 6.07 Å². The highest BCUT2D eigenvalue weighted by Crippen LogP contribution is 2.26. The third-order valence-corrected chi connectivity index (χ3v) is 4.99. The van der Waals surface area contributed by atoms with Crippen molar-refractivity contribution in [2.75, 3.05) is 19.8 Å². The largest absolute Gasteiger partial charge is 0.359 e. The molecule has 0 aromatic carbocycles. The van der Waals surface area contributed by atoms with Crippen molar-refractivity contribution >= 4 is 17.5 Å². The summed E-state index contributed by atoms with van der Waals surface area (Å²) in [7, 11) is 4.13. The third-order valence-electron chi connectivity index (χ3n) is 4.02. The van der Waals surface area contributed by atoms with Gasteiger partial charge >= 0.3 is 0 Å². The molecule has 1 N–H and O–H groups in total. The summed E-state index contributed by atoms with van der Waals surface area (Å²) in [6, 6.07) is 3.88. The number of H-pyrrole nitrogens is 1. The summed E-state index contributed by atoms with van der Waals surface area (Å²) in [5, 5.41) is 9.63. The Labute approximate surface area is 148 Å². The zero-order valence-corrected chi connectivity index (χ0v) is 15.8. The molecule has 0 spiro atoms. The molecule has 0 aliphatic rings. The van der Waals surface area contributed by atoms with Crippen LogP contribution in [0, 0.1) is 0 Å². The number of thioether (sulfide) groups is 1. The van der Waals surface area contributed by atoms with Gasteiger partial charge in [0.05, 0.1) is 17.5 Å². The molecule has 0 radical (unpaired) electrons. The van der Waals surface area contributed by atoms with Crippen molar-refractivity contribution in [1.29, 1.82) is 0 Å². The number of nitrogens with zero attached hydrogens (tertiary/aromatic N) is 4. The number of Topliss-reactive ketones (excluding diaryl/α,β-unsaturated/α-hetero) is 1. The molecule has 2 aromatic rings. The fourth-order valence-electron chi connectivity index (χ4n) is 2.67. The lowest BCUT2D eigenvalue weighted by Crippen LogP contribution is -2.23. The first-order chi connectivity index (χ1) is 11.6. The van der Waals surface area contributed by atoms with Crippen LogP contribution in [0.2, 0.25) is 0 Å². The normalized spacial score (nSPS) is 12.7. The standard InChI is InChI=1S/C17H27N5OS/c1-5-7-11-22-16(14(6-2)21(3)4)19-20-17(22)24-12-15(23)13-9-8-10-18-13/h8-10,14,18H,5-7,11-12H2,1-4H3/t14-/m0/s1. The number of hydrogen-bond acceptors (Lipinski definition) is 5. The van der Waals surface area contributed by atoms with Crippen LogP contribution in [0.25, 0.3) is 0 Å². The first-order valence-electron chi connectivity index (χ1n) is 8.47. The van der Waals surface area contributed by atoms with Crippen LogP contribution in [0.4, 0.5) is 0 Å². The van der Waals surface area contributed by atoms with E-state index < -0.39 is 0 Å². The van der Waals surface area contributed by atoms with Gasteiger partial charge in [0.1, 0.15) is 0 Å². The second kappa shape index (κ2) is 9.03. The van der Waals surface area contributed by atoms with Gasteiger partial charge in [0, 0.05) is 12.7 Å². The summed E-state index contributed by atoms with van der Waals surface area (Å²) in [5.74, 6) is 1.44. The molecule has 24 heavy (non-hydrogen) atoms. The molecular weight excluding hydrogens is 322 g/mol. The number of hydrogen-bond donors (Lipinski definition) is 1. The van der Waals surface area contributed by atoms with Crippen LogP contribution in [0.3, 0.4) is 0 Å². The summed E-state index contributed by atoms with van der Waals surface area (Å²) in [6.07, 6.45) is 4.93. The first-order valence-corrected chi connectivity index (χ1v) is 9.45. The molecule has 1 atom stereocenters. The maximum Gasteiger partial charge on any atom is 0.191 e. The molecule has 0 saturated carbocycles. The van der Waals surface area contributed by atoms with Gasteiger partial charge < -0.3 is 9.55 Å². The van der Waals surface area contributed by atoms with Crippen molar-refractivity contribution in [2.24, 2.45) is 0 Å². The maximum atomic E-state index is 12.2. The summed E-state index contributed by atoms with van der Waals surface area (Å²) >= 11 is 1.47. The number of unbranched alkanes of at least 4 members (excludes halogenated alkanes) is 1. The molecule has 2 rings (SSSR count). The van der Waals surface area contributed by atoms with E-state index in [4.69, 9.17) is 0 Å². The number of carbonyl (C=O) groups excluding carboxylic acids is 1. The molecule has 0 fully saturated rings. The Hall–Kier alpha value is -1.60. The van der Waals surface area contributed by atoms with Gasteiger partial charge in [-0.2, -0.15) is 0 Å². The molecule has 132 valence electrons. The minimum absolute atomic E-state index is 0.0799. The fraction of sp³-hybridized carbons (Fsp3) is 0.588. The van der Waals surface area contributed by atoms with E-state index >= 15 is 0 Å². The van der Waals surface area contributed by atoms with E-state index in [-0.39, 0.29) is 11.8 Å². The van der Waals surface area contributed by atoms with Crippen molar-refractivity contribution in [3.05, 3.63) is 29.8 Å². The molecule has 0 bridgehead atoms. The zero-order chi connectivity index (χ0) is 17.5. The molecule has 0 unspecified atom stereocenters. The van der Waals surface area contributed by atoms with Gasteiger partial charge in [-0.25, -0.2) is 0 Å². The van der Waals surface area contributed by atoms with Gasteiger partial charge in [-0.05, 0) is 39.1 Å². The predicted molar refractivity (Wildman–Crippen MR) is 97.5 cm³/mol. The van der Waals surface area contributed by atoms with Crippen LogP contribution < -0.4 is 0 Å². The van der Waals surface area contributed by atoms with E-state index in [0.717, 1.165) is 36.8 Å². The van der Waals surface area contributed by atoms with Crippen molar-refractivity contribution in [2.45, 2.75) is 50.9 Å². The molecule has 2 heterocycles. The van der Waals surface area contributed by atoms with Gasteiger partial charge in [-0.15, -0.1) is 10.2 Å². The number of carbonyl (C=O) groups is 1. The molecule has 7 heteroatoms. The lowest BCUT2D eigenvalue weighted by atomic mass is 10.2. The molecule has 0 aliphatic carbocycles. The second-order valence-electron chi connectivity index (χ2n) is 6.03. The Morgan fingerprint density at radius 2 is 2.17 bits per heavy atom. The Morgan fingerprint density at radius 1 is 1.38 bits per heavy atom. The molecule has 6 nitrogen and oxygen atoms in total. The minimum atomic E-state index is 0.0799. The van der Waals surface area contributed by atoms with Crippen molar-refractivity contribution in [3.8, 4) is 0 Å². The van der Waals surface area contributed by atoms with Gasteiger partial charge in [0.15, 0.2) is 16.8 Å². The zero-order valence-electron chi connectivity index (χ0n) is 15.0. The topological polar surface area (TPSA) is 66.8 Å². The first kappa shape index (κ1) is 18.7. The van der Waals surface area contributed by atoms with Gasteiger partial charge in [0.25, 0.3) is 0 Å². The highest BCUT2D eigenvalue weighted by molar-refractivity contribution is 7.99. The van der Waals surface area contributed by atoms with Crippen LogP contribution in [0.15, 0.2) is 23.5 Å². The van der Waals surface area contributed by atoms with Gasteiger partial charge in [-0.1, -0.05) is 32.0 Å². The van der Waals surface area contributed by atoms with Crippen molar-refractivity contribution in [3.63, 3.8) is 0 Å². The maximum absolute atomic E-state index is 12.2. The molecule has 0 aliphatic heterocycles. The van der Waals surface area contributed by atoms with Crippen molar-refractivity contribution < 1.29 is 4.79 Å². The molecular formula is C17H27N5OS. The van der Waals surface area contributed by atoms with E-state index in [9.17, 15) is 4.79 Å². The van der Waals surface area contributed by atoms with Crippen LogP contribution in [-0.2, 0) is 6.54 Å². The molecule has 2 aromatic heterocycles. The summed E-state index contributed by atoms with van der Waals surface area (Å²) < 4.78 is 2.18. The van der Waals surface area contributed by atoms with E-state index in [2.05, 4.69) is 52.6 Å². The third kappa shape index (κ3) is 4.48. The summed E-state index contributed by atoms with van der Waals surface area (Å²) in [6.45, 7) is 5.22. The highest BCUT2D eigenvalue weighted by Gasteiger charge is 2.22. The lowest BCUT2D eigenvalue weighted by molar-refractivity contribution is 0.101. The van der Waals surface area contributed by atoms with Crippen LogP contribution >= 0.6 is 11.8 Å². The monoisotopic (exact) mass is 349 g/mol. The average molecular weight is 350 g/mol. The SMILES string of the molecule is CCCCn1c(SCC(=O)c2ccc[nH]2)nnc1[C@H](CC)N(C)C. The quantitative estimate of drug-likeness (QED) is 0.526. The number of aromatic nitrogens is 4. The average Bonchev–Trinajstić information content (AvgIpc) is 3.21. The molecule has 0 saturated heterocycles. The van der Waals surface area contributed by atoms with Crippen LogP contribution in [-0.4, -0.2) is 50.3 Å². The second-order valence-corrected chi connectivity index (χ2v) is 6.97. The predicted octanol–water partition coefficient (Wildman–Crippen LogP) is 3.39. The van der Waals surface area contributed by atoms with Crippen LogP contribution in [0.1, 0.15) is 55.5 Å². The number of rotatable bonds is 10. The Kier molecular flexibility index (Phi) is 7.05. The van der Waals surface area contributed by atoms with E-state index in [1.165, 1.54) is 11.8 Å². The van der Waals surface area contributed by atoms with Crippen LogP contribution in [0.5, 0.6) is 0 Å². The Balaban J connectivity index is 2.16. The highest BCUT2D eigenvalue weighted by atomic mass is 32.2. The van der Waals surface area contributed by atoms with E-state index in [0.29, 0.717) is 11.4 Å². The lowest BCUT2D eigenvalue weighted by Gasteiger charge is -2.23. The van der Waals surface area contributed by atoms with Crippen molar-refractivity contribution in [1.82, 2.24) is 24.6 Å². The number of aromatic amines is 1. The van der Waals surface area contributed by atoms with Gasteiger partial charge in [-0.3, -0.25) is 9.69 Å². The minimum Gasteiger partial charge on any atom is -0.359 e.